The third-order valence-electron chi connectivity index (χ3n) is 3.86. The maximum absolute atomic E-state index is 12.6. The molecule has 0 aromatic carbocycles. The highest BCUT2D eigenvalue weighted by Gasteiger charge is 2.28. The Labute approximate surface area is 125 Å². The van der Waals surface area contributed by atoms with Crippen LogP contribution < -0.4 is 0 Å². The fourth-order valence-corrected chi connectivity index (χ4v) is 2.88. The van der Waals surface area contributed by atoms with Crippen LogP contribution in [0, 0.1) is 5.92 Å². The molecule has 1 unspecified atom stereocenters. The van der Waals surface area contributed by atoms with Gasteiger partial charge in [-0.2, -0.15) is 0 Å². The van der Waals surface area contributed by atoms with Crippen molar-refractivity contribution in [2.75, 3.05) is 6.54 Å². The SMILES string of the molecule is CC(C)CC1CCCCN1C(=O)c1cc(C(=O)O)ccn1. The molecule has 114 valence electrons. The van der Waals surface area contributed by atoms with Crippen molar-refractivity contribution in [3.8, 4) is 0 Å². The first-order chi connectivity index (χ1) is 9.99. The number of rotatable bonds is 4. The van der Waals surface area contributed by atoms with E-state index in [1.807, 2.05) is 4.90 Å². The second-order valence-corrected chi connectivity index (χ2v) is 6.01. The third-order valence-corrected chi connectivity index (χ3v) is 3.86. The Bertz CT molecular complexity index is 528. The summed E-state index contributed by atoms with van der Waals surface area (Å²) in [7, 11) is 0. The minimum Gasteiger partial charge on any atom is -0.478 e. The summed E-state index contributed by atoms with van der Waals surface area (Å²) in [6.45, 7) is 5.04. The Balaban J connectivity index is 2.20. The Kier molecular flexibility index (Phi) is 4.94. The first-order valence-electron chi connectivity index (χ1n) is 7.49. The maximum atomic E-state index is 12.6. The van der Waals surface area contributed by atoms with Crippen LogP contribution in [-0.4, -0.2) is 39.5 Å². The van der Waals surface area contributed by atoms with Gasteiger partial charge < -0.3 is 10.0 Å². The van der Waals surface area contributed by atoms with Crippen LogP contribution in [0.5, 0.6) is 0 Å². The highest BCUT2D eigenvalue weighted by atomic mass is 16.4. The van der Waals surface area contributed by atoms with Gasteiger partial charge in [0, 0.05) is 18.8 Å². The molecule has 21 heavy (non-hydrogen) atoms. The van der Waals surface area contributed by atoms with E-state index in [9.17, 15) is 9.59 Å². The molecule has 1 aromatic heterocycles. The van der Waals surface area contributed by atoms with Crippen LogP contribution in [0.2, 0.25) is 0 Å². The zero-order chi connectivity index (χ0) is 15.4. The third kappa shape index (κ3) is 3.80. The highest BCUT2D eigenvalue weighted by molar-refractivity contribution is 5.96. The number of carboxylic acids is 1. The van der Waals surface area contributed by atoms with Gasteiger partial charge in [0.1, 0.15) is 5.69 Å². The minimum absolute atomic E-state index is 0.103. The molecule has 0 bridgehead atoms. The average Bonchev–Trinajstić information content (AvgIpc) is 2.46. The molecule has 1 aliphatic heterocycles. The number of carbonyl (C=O) groups excluding carboxylic acids is 1. The fraction of sp³-hybridized carbons (Fsp3) is 0.562. The van der Waals surface area contributed by atoms with Crippen LogP contribution in [0.3, 0.4) is 0 Å². The standard InChI is InChI=1S/C16H22N2O3/c1-11(2)9-13-5-3-4-8-18(13)15(19)14-10-12(16(20)21)6-7-17-14/h6-7,10-11,13H,3-5,8-9H2,1-2H3,(H,20,21). The van der Waals surface area contributed by atoms with Crippen LogP contribution >= 0.6 is 0 Å². The fourth-order valence-electron chi connectivity index (χ4n) is 2.88. The van der Waals surface area contributed by atoms with E-state index in [-0.39, 0.29) is 23.2 Å². The number of likely N-dealkylation sites (tertiary alicyclic amines) is 1. The zero-order valence-electron chi connectivity index (χ0n) is 12.6. The highest BCUT2D eigenvalue weighted by Crippen LogP contribution is 2.24. The number of aromatic nitrogens is 1. The molecule has 1 aromatic rings. The van der Waals surface area contributed by atoms with Gasteiger partial charge in [-0.3, -0.25) is 9.78 Å². The van der Waals surface area contributed by atoms with E-state index in [4.69, 9.17) is 5.11 Å². The van der Waals surface area contributed by atoms with Crippen LogP contribution in [0.4, 0.5) is 0 Å². The van der Waals surface area contributed by atoms with Crippen molar-refractivity contribution in [3.63, 3.8) is 0 Å². The Morgan fingerprint density at radius 2 is 2.19 bits per heavy atom. The van der Waals surface area contributed by atoms with Crippen LogP contribution in [0.1, 0.15) is 60.4 Å². The predicted molar refractivity (Wildman–Crippen MR) is 79.3 cm³/mol. The number of hydrogen-bond acceptors (Lipinski definition) is 3. The van der Waals surface area contributed by atoms with Crippen LogP contribution in [-0.2, 0) is 0 Å². The smallest absolute Gasteiger partial charge is 0.335 e. The number of hydrogen-bond donors (Lipinski definition) is 1. The summed E-state index contributed by atoms with van der Waals surface area (Å²) in [6.07, 6.45) is 5.52. The Hall–Kier alpha value is -1.91. The van der Waals surface area contributed by atoms with Gasteiger partial charge >= 0.3 is 5.97 Å². The number of amides is 1. The molecule has 0 aliphatic carbocycles. The number of piperidine rings is 1. The Morgan fingerprint density at radius 1 is 1.43 bits per heavy atom. The number of carboxylic acid groups (broad SMARTS) is 1. The van der Waals surface area contributed by atoms with Gasteiger partial charge in [0.15, 0.2) is 0 Å². The van der Waals surface area contributed by atoms with Gasteiger partial charge in [-0.15, -0.1) is 0 Å². The summed E-state index contributed by atoms with van der Waals surface area (Å²) in [5.74, 6) is -0.658. The maximum Gasteiger partial charge on any atom is 0.335 e. The van der Waals surface area contributed by atoms with Gasteiger partial charge in [-0.05, 0) is 43.7 Å². The van der Waals surface area contributed by atoms with E-state index in [0.29, 0.717) is 5.92 Å². The molecule has 1 fully saturated rings. The molecule has 1 atom stereocenters. The normalized spacial score (nSPS) is 18.8. The second-order valence-electron chi connectivity index (χ2n) is 6.01. The van der Waals surface area contributed by atoms with Crippen LogP contribution in [0.25, 0.3) is 0 Å². The molecule has 1 N–H and O–H groups in total. The molecule has 1 amide bonds. The second kappa shape index (κ2) is 6.70. The van der Waals surface area contributed by atoms with E-state index >= 15 is 0 Å². The van der Waals surface area contributed by atoms with Crippen molar-refractivity contribution >= 4 is 11.9 Å². The van der Waals surface area contributed by atoms with Crippen molar-refractivity contribution < 1.29 is 14.7 Å². The van der Waals surface area contributed by atoms with Crippen molar-refractivity contribution in [2.45, 2.75) is 45.6 Å². The van der Waals surface area contributed by atoms with E-state index in [0.717, 1.165) is 32.2 Å². The summed E-state index contributed by atoms with van der Waals surface area (Å²) in [6, 6.07) is 3.01. The largest absolute Gasteiger partial charge is 0.478 e. The van der Waals surface area contributed by atoms with Gasteiger partial charge in [0.2, 0.25) is 0 Å². The first-order valence-corrected chi connectivity index (χ1v) is 7.49. The van der Waals surface area contributed by atoms with Crippen molar-refractivity contribution in [1.82, 2.24) is 9.88 Å². The molecule has 5 nitrogen and oxygen atoms in total. The van der Waals surface area contributed by atoms with E-state index in [2.05, 4.69) is 18.8 Å². The zero-order valence-corrected chi connectivity index (χ0v) is 12.6. The lowest BCUT2D eigenvalue weighted by molar-refractivity contribution is 0.0578. The van der Waals surface area contributed by atoms with E-state index < -0.39 is 5.97 Å². The monoisotopic (exact) mass is 290 g/mol. The summed E-state index contributed by atoms with van der Waals surface area (Å²) in [4.78, 5) is 29.6. The predicted octanol–water partition coefficient (Wildman–Crippen LogP) is 2.82. The van der Waals surface area contributed by atoms with Crippen molar-refractivity contribution in [2.24, 2.45) is 5.92 Å². The molecule has 2 rings (SSSR count). The molecule has 5 heteroatoms. The van der Waals surface area contributed by atoms with Gasteiger partial charge in [0.25, 0.3) is 5.91 Å². The quantitative estimate of drug-likeness (QED) is 0.925. The summed E-state index contributed by atoms with van der Waals surface area (Å²) >= 11 is 0. The number of pyridine rings is 1. The van der Waals surface area contributed by atoms with Crippen molar-refractivity contribution in [3.05, 3.63) is 29.6 Å². The van der Waals surface area contributed by atoms with E-state index in [1.165, 1.54) is 18.3 Å². The van der Waals surface area contributed by atoms with Gasteiger partial charge in [-0.1, -0.05) is 13.8 Å². The lowest BCUT2D eigenvalue weighted by Gasteiger charge is -2.36. The molecule has 2 heterocycles. The van der Waals surface area contributed by atoms with Gasteiger partial charge in [-0.25, -0.2) is 4.79 Å². The first kappa shape index (κ1) is 15.5. The number of aromatic carboxylic acids is 1. The Morgan fingerprint density at radius 3 is 2.86 bits per heavy atom. The minimum atomic E-state index is -1.04. The lowest BCUT2D eigenvalue weighted by atomic mass is 9.93. The molecule has 0 saturated carbocycles. The van der Waals surface area contributed by atoms with E-state index in [1.54, 1.807) is 0 Å². The lowest BCUT2D eigenvalue weighted by Crippen LogP contribution is -2.44. The molecular formula is C16H22N2O3. The molecule has 1 saturated heterocycles. The summed E-state index contributed by atoms with van der Waals surface area (Å²) < 4.78 is 0. The molecular weight excluding hydrogens is 268 g/mol. The topological polar surface area (TPSA) is 70.5 Å². The molecule has 0 spiro atoms. The summed E-state index contributed by atoms with van der Waals surface area (Å²) in [5, 5.41) is 9.02. The summed E-state index contributed by atoms with van der Waals surface area (Å²) in [5.41, 5.74) is 0.330. The van der Waals surface area contributed by atoms with Gasteiger partial charge in [0.05, 0.1) is 5.56 Å². The van der Waals surface area contributed by atoms with Crippen molar-refractivity contribution in [1.29, 1.82) is 0 Å². The van der Waals surface area contributed by atoms with Crippen LogP contribution in [0.15, 0.2) is 18.3 Å². The number of nitrogens with zero attached hydrogens (tertiary/aromatic N) is 2. The average molecular weight is 290 g/mol. The molecule has 1 aliphatic rings. The number of carbonyl (C=O) groups is 2. The molecule has 0 radical (unpaired) electrons.